The Labute approximate surface area is 114 Å². The van der Waals surface area contributed by atoms with Crippen LogP contribution in [-0.4, -0.2) is 30.2 Å². The van der Waals surface area contributed by atoms with Gasteiger partial charge in [-0.05, 0) is 49.8 Å². The van der Waals surface area contributed by atoms with E-state index in [1.54, 1.807) is 0 Å². The highest BCUT2D eigenvalue weighted by atomic mass is 16.4. The lowest BCUT2D eigenvalue weighted by Crippen LogP contribution is -2.32. The minimum absolute atomic E-state index is 0.385. The van der Waals surface area contributed by atoms with E-state index in [1.807, 2.05) is 6.07 Å². The van der Waals surface area contributed by atoms with Crippen LogP contribution in [0.2, 0.25) is 0 Å². The van der Waals surface area contributed by atoms with Crippen LogP contribution in [0.25, 0.3) is 0 Å². The number of anilines is 1. The molecule has 0 aromatic heterocycles. The van der Waals surface area contributed by atoms with E-state index in [-0.39, 0.29) is 0 Å². The Morgan fingerprint density at radius 2 is 2.05 bits per heavy atom. The van der Waals surface area contributed by atoms with Crippen molar-refractivity contribution in [3.63, 3.8) is 0 Å². The maximum absolute atomic E-state index is 10.8. The summed E-state index contributed by atoms with van der Waals surface area (Å²) < 4.78 is 0. The number of rotatable bonds is 4. The molecule has 1 heterocycles. The summed E-state index contributed by atoms with van der Waals surface area (Å²) in [7, 11) is 0. The molecule has 1 aromatic rings. The van der Waals surface area contributed by atoms with Crippen molar-refractivity contribution in [3.05, 3.63) is 29.3 Å². The second kappa shape index (κ2) is 6.06. The van der Waals surface area contributed by atoms with Crippen LogP contribution >= 0.6 is 0 Å². The molecule has 1 unspecified atom stereocenters. The van der Waals surface area contributed by atoms with Gasteiger partial charge < -0.3 is 15.7 Å². The molecule has 0 amide bonds. The van der Waals surface area contributed by atoms with E-state index in [2.05, 4.69) is 24.0 Å². The monoisotopic (exact) mass is 262 g/mol. The molecule has 0 radical (unpaired) electrons. The third-order valence-electron chi connectivity index (χ3n) is 3.73. The van der Waals surface area contributed by atoms with Gasteiger partial charge in [0.2, 0.25) is 0 Å². The number of hydrogen-bond donors (Lipinski definition) is 2. The standard InChI is InChI=1S/C15H22N2O2/c1-11-9-12(10-13(16)15(18)19)5-6-14(11)17-7-3-2-4-8-17/h5-6,9,13H,2-4,7-8,10,16H2,1H3,(H,18,19). The molecule has 1 fully saturated rings. The van der Waals surface area contributed by atoms with Crippen LogP contribution in [-0.2, 0) is 11.2 Å². The molecule has 1 atom stereocenters. The smallest absolute Gasteiger partial charge is 0.320 e. The molecular formula is C15H22N2O2. The first-order valence-corrected chi connectivity index (χ1v) is 6.91. The van der Waals surface area contributed by atoms with E-state index >= 15 is 0 Å². The summed E-state index contributed by atoms with van der Waals surface area (Å²) in [6, 6.07) is 5.34. The minimum Gasteiger partial charge on any atom is -0.480 e. The molecule has 1 aliphatic rings. The van der Waals surface area contributed by atoms with Crippen molar-refractivity contribution >= 4 is 11.7 Å². The number of benzene rings is 1. The van der Waals surface area contributed by atoms with Gasteiger partial charge in [0.05, 0.1) is 0 Å². The molecule has 2 rings (SSSR count). The summed E-state index contributed by atoms with van der Waals surface area (Å²) in [6.45, 7) is 4.32. The first-order chi connectivity index (χ1) is 9.08. The van der Waals surface area contributed by atoms with E-state index in [0.29, 0.717) is 6.42 Å². The third kappa shape index (κ3) is 3.47. The Morgan fingerprint density at radius 3 is 2.63 bits per heavy atom. The second-order valence-corrected chi connectivity index (χ2v) is 5.32. The van der Waals surface area contributed by atoms with Gasteiger partial charge in [-0.25, -0.2) is 0 Å². The van der Waals surface area contributed by atoms with Crippen molar-refractivity contribution < 1.29 is 9.90 Å². The first kappa shape index (κ1) is 13.9. The number of nitrogens with zero attached hydrogens (tertiary/aromatic N) is 1. The fourth-order valence-electron chi connectivity index (χ4n) is 2.68. The average molecular weight is 262 g/mol. The summed E-state index contributed by atoms with van der Waals surface area (Å²) in [5, 5.41) is 8.84. The number of carboxylic acid groups (broad SMARTS) is 1. The van der Waals surface area contributed by atoms with Crippen molar-refractivity contribution in [3.8, 4) is 0 Å². The van der Waals surface area contributed by atoms with Crippen molar-refractivity contribution in [2.45, 2.75) is 38.6 Å². The lowest BCUT2D eigenvalue weighted by atomic mass is 10.0. The highest BCUT2D eigenvalue weighted by molar-refractivity contribution is 5.73. The number of carboxylic acids is 1. The Balaban J connectivity index is 2.10. The molecule has 19 heavy (non-hydrogen) atoms. The fraction of sp³-hybridized carbons (Fsp3) is 0.533. The van der Waals surface area contributed by atoms with Crippen LogP contribution in [0.4, 0.5) is 5.69 Å². The zero-order chi connectivity index (χ0) is 13.8. The molecule has 1 aliphatic heterocycles. The summed E-state index contributed by atoms with van der Waals surface area (Å²) in [6.07, 6.45) is 4.22. The van der Waals surface area contributed by atoms with E-state index in [9.17, 15) is 4.79 Å². The normalized spacial score (nSPS) is 17.3. The number of carbonyl (C=O) groups is 1. The highest BCUT2D eigenvalue weighted by Gasteiger charge is 2.15. The molecule has 104 valence electrons. The number of nitrogens with two attached hydrogens (primary N) is 1. The topological polar surface area (TPSA) is 66.6 Å². The Hall–Kier alpha value is -1.55. The van der Waals surface area contributed by atoms with Gasteiger partial charge in [-0.3, -0.25) is 4.79 Å². The van der Waals surface area contributed by atoms with Crippen LogP contribution < -0.4 is 10.6 Å². The zero-order valence-electron chi connectivity index (χ0n) is 11.4. The SMILES string of the molecule is Cc1cc(CC(N)C(=O)O)ccc1N1CCCCC1. The second-order valence-electron chi connectivity index (χ2n) is 5.32. The van der Waals surface area contributed by atoms with Gasteiger partial charge in [0.15, 0.2) is 0 Å². The van der Waals surface area contributed by atoms with Gasteiger partial charge >= 0.3 is 5.97 Å². The Bertz CT molecular complexity index is 453. The number of piperidine rings is 1. The molecule has 0 aliphatic carbocycles. The predicted molar refractivity (Wildman–Crippen MR) is 76.6 cm³/mol. The third-order valence-corrected chi connectivity index (χ3v) is 3.73. The summed E-state index contributed by atoms with van der Waals surface area (Å²) >= 11 is 0. The van der Waals surface area contributed by atoms with E-state index in [0.717, 1.165) is 18.7 Å². The lowest BCUT2D eigenvalue weighted by molar-refractivity contribution is -0.138. The van der Waals surface area contributed by atoms with Crippen molar-refractivity contribution in [2.24, 2.45) is 5.73 Å². The van der Waals surface area contributed by atoms with Gasteiger partial charge in [-0.2, -0.15) is 0 Å². The fourth-order valence-corrected chi connectivity index (χ4v) is 2.68. The van der Waals surface area contributed by atoms with Gasteiger partial charge in [-0.15, -0.1) is 0 Å². The minimum atomic E-state index is -0.947. The largest absolute Gasteiger partial charge is 0.480 e. The maximum atomic E-state index is 10.8. The van der Waals surface area contributed by atoms with Crippen molar-refractivity contribution in [1.82, 2.24) is 0 Å². The molecule has 0 spiro atoms. The van der Waals surface area contributed by atoms with Crippen LogP contribution in [0.15, 0.2) is 18.2 Å². The van der Waals surface area contributed by atoms with Gasteiger partial charge in [0.25, 0.3) is 0 Å². The summed E-state index contributed by atoms with van der Waals surface area (Å²) in [4.78, 5) is 13.2. The number of hydrogen-bond acceptors (Lipinski definition) is 3. The van der Waals surface area contributed by atoms with Crippen molar-refractivity contribution in [2.75, 3.05) is 18.0 Å². The first-order valence-electron chi connectivity index (χ1n) is 6.91. The summed E-state index contributed by atoms with van der Waals surface area (Å²) in [5.74, 6) is -0.947. The lowest BCUT2D eigenvalue weighted by Gasteiger charge is -2.30. The Morgan fingerprint density at radius 1 is 1.37 bits per heavy atom. The maximum Gasteiger partial charge on any atom is 0.320 e. The van der Waals surface area contributed by atoms with E-state index in [1.165, 1.54) is 30.5 Å². The van der Waals surface area contributed by atoms with Crippen LogP contribution in [0.3, 0.4) is 0 Å². The number of aliphatic carboxylic acids is 1. The van der Waals surface area contributed by atoms with Crippen LogP contribution in [0.1, 0.15) is 30.4 Å². The molecule has 4 nitrogen and oxygen atoms in total. The van der Waals surface area contributed by atoms with Crippen LogP contribution in [0.5, 0.6) is 0 Å². The van der Waals surface area contributed by atoms with Gasteiger partial charge in [0, 0.05) is 18.8 Å². The average Bonchev–Trinajstić information content (AvgIpc) is 2.39. The zero-order valence-corrected chi connectivity index (χ0v) is 11.4. The molecular weight excluding hydrogens is 240 g/mol. The molecule has 3 N–H and O–H groups in total. The molecule has 1 aromatic carbocycles. The van der Waals surface area contributed by atoms with Gasteiger partial charge in [0.1, 0.15) is 6.04 Å². The number of aryl methyl sites for hydroxylation is 1. The van der Waals surface area contributed by atoms with E-state index < -0.39 is 12.0 Å². The highest BCUT2D eigenvalue weighted by Crippen LogP contribution is 2.25. The molecule has 4 heteroatoms. The molecule has 0 bridgehead atoms. The quantitative estimate of drug-likeness (QED) is 0.870. The summed E-state index contributed by atoms with van der Waals surface area (Å²) in [5.41, 5.74) is 9.04. The van der Waals surface area contributed by atoms with E-state index in [4.69, 9.17) is 10.8 Å². The van der Waals surface area contributed by atoms with Gasteiger partial charge in [-0.1, -0.05) is 12.1 Å². The molecule has 0 saturated carbocycles. The predicted octanol–water partition coefficient (Wildman–Crippen LogP) is 1.94. The Kier molecular flexibility index (Phi) is 4.43. The molecule has 1 saturated heterocycles. The van der Waals surface area contributed by atoms with Crippen molar-refractivity contribution in [1.29, 1.82) is 0 Å². The van der Waals surface area contributed by atoms with Crippen LogP contribution in [0, 0.1) is 6.92 Å².